The lowest BCUT2D eigenvalue weighted by Gasteiger charge is -2.06. The third-order valence-corrected chi connectivity index (χ3v) is 2.47. The molecule has 0 aliphatic rings. The molecule has 0 unspecified atom stereocenters. The first-order chi connectivity index (χ1) is 8.06. The predicted octanol–water partition coefficient (Wildman–Crippen LogP) is 0.0587. The number of aryl methyl sites for hydroxylation is 1. The van der Waals surface area contributed by atoms with Crippen molar-refractivity contribution in [2.45, 2.75) is 13.5 Å². The van der Waals surface area contributed by atoms with E-state index in [0.717, 1.165) is 11.6 Å². The van der Waals surface area contributed by atoms with Gasteiger partial charge in [-0.3, -0.25) is 4.68 Å². The van der Waals surface area contributed by atoms with E-state index in [1.807, 2.05) is 13.1 Å². The molecule has 4 nitrogen and oxygen atoms in total. The Hall–Kier alpha value is -1.66. The first-order valence-corrected chi connectivity index (χ1v) is 5.20. The zero-order valence-electron chi connectivity index (χ0n) is 9.34. The summed E-state index contributed by atoms with van der Waals surface area (Å²) in [4.78, 5) is 0. The molecule has 0 aliphatic heterocycles. The molecular formula is C11H12BFN2O2. The molecule has 0 aliphatic carbocycles. The molecule has 2 rings (SSSR count). The van der Waals surface area contributed by atoms with Crippen molar-refractivity contribution in [1.29, 1.82) is 0 Å². The maximum atomic E-state index is 13.6. The molecule has 1 heterocycles. The summed E-state index contributed by atoms with van der Waals surface area (Å²) < 4.78 is 15.3. The summed E-state index contributed by atoms with van der Waals surface area (Å²) in [5, 5.41) is 21.9. The SMILES string of the molecule is Cc1cnn(Cc2ccc(B(O)O)cc2F)c1. The summed E-state index contributed by atoms with van der Waals surface area (Å²) >= 11 is 0. The molecule has 0 atom stereocenters. The minimum atomic E-state index is -1.65. The van der Waals surface area contributed by atoms with E-state index in [-0.39, 0.29) is 5.46 Å². The van der Waals surface area contributed by atoms with Gasteiger partial charge in [0, 0.05) is 11.8 Å². The molecule has 2 aromatic rings. The minimum absolute atomic E-state index is 0.142. The van der Waals surface area contributed by atoms with Crippen molar-refractivity contribution in [3.05, 3.63) is 47.5 Å². The Morgan fingerprint density at radius 3 is 2.71 bits per heavy atom. The lowest BCUT2D eigenvalue weighted by Crippen LogP contribution is -2.30. The number of halogens is 1. The molecule has 6 heteroatoms. The molecule has 2 N–H and O–H groups in total. The zero-order chi connectivity index (χ0) is 12.4. The Balaban J connectivity index is 2.22. The van der Waals surface area contributed by atoms with E-state index in [2.05, 4.69) is 5.10 Å². The molecule has 1 aromatic heterocycles. The van der Waals surface area contributed by atoms with Gasteiger partial charge >= 0.3 is 7.12 Å². The summed E-state index contributed by atoms with van der Waals surface area (Å²) in [5.74, 6) is -0.469. The second-order valence-electron chi connectivity index (χ2n) is 3.94. The van der Waals surface area contributed by atoms with Crippen LogP contribution < -0.4 is 5.46 Å². The zero-order valence-corrected chi connectivity index (χ0v) is 9.34. The van der Waals surface area contributed by atoms with Crippen LogP contribution in [0.5, 0.6) is 0 Å². The van der Waals surface area contributed by atoms with Crippen LogP contribution in [0, 0.1) is 12.7 Å². The van der Waals surface area contributed by atoms with Crippen LogP contribution in [0.4, 0.5) is 4.39 Å². The van der Waals surface area contributed by atoms with Gasteiger partial charge in [0.15, 0.2) is 0 Å². The Morgan fingerprint density at radius 2 is 2.18 bits per heavy atom. The summed E-state index contributed by atoms with van der Waals surface area (Å²) in [7, 11) is -1.65. The van der Waals surface area contributed by atoms with Gasteiger partial charge in [-0.25, -0.2) is 4.39 Å². The topological polar surface area (TPSA) is 58.3 Å². The predicted molar refractivity (Wildman–Crippen MR) is 62.3 cm³/mol. The molecule has 1 aromatic carbocycles. The molecule has 88 valence electrons. The summed E-state index contributed by atoms with van der Waals surface area (Å²) in [6.07, 6.45) is 3.51. The number of benzene rings is 1. The van der Waals surface area contributed by atoms with E-state index in [9.17, 15) is 4.39 Å². The van der Waals surface area contributed by atoms with Gasteiger partial charge < -0.3 is 10.0 Å². The molecule has 0 amide bonds. The Kier molecular flexibility index (Phi) is 3.26. The average Bonchev–Trinajstić information content (AvgIpc) is 2.67. The van der Waals surface area contributed by atoms with Gasteiger partial charge in [0.2, 0.25) is 0 Å². The van der Waals surface area contributed by atoms with Gasteiger partial charge in [-0.05, 0) is 24.0 Å². The van der Waals surface area contributed by atoms with Gasteiger partial charge in [-0.1, -0.05) is 12.1 Å². The summed E-state index contributed by atoms with van der Waals surface area (Å²) in [5.41, 5.74) is 1.60. The van der Waals surface area contributed by atoms with E-state index in [1.54, 1.807) is 10.9 Å². The van der Waals surface area contributed by atoms with E-state index < -0.39 is 12.9 Å². The van der Waals surface area contributed by atoms with Gasteiger partial charge in [-0.2, -0.15) is 5.10 Å². The lowest BCUT2D eigenvalue weighted by atomic mass is 9.80. The molecule has 0 radical (unpaired) electrons. The van der Waals surface area contributed by atoms with Crippen molar-refractivity contribution in [2.75, 3.05) is 0 Å². The molecule has 0 fully saturated rings. The third kappa shape index (κ3) is 2.72. The van der Waals surface area contributed by atoms with E-state index in [4.69, 9.17) is 10.0 Å². The molecule has 17 heavy (non-hydrogen) atoms. The van der Waals surface area contributed by atoms with Crippen molar-refractivity contribution < 1.29 is 14.4 Å². The quantitative estimate of drug-likeness (QED) is 0.738. The smallest absolute Gasteiger partial charge is 0.423 e. The van der Waals surface area contributed by atoms with Gasteiger partial charge in [0.1, 0.15) is 5.82 Å². The second-order valence-corrected chi connectivity index (χ2v) is 3.94. The average molecular weight is 234 g/mol. The standard InChI is InChI=1S/C11H12BFN2O2/c1-8-5-14-15(6-8)7-9-2-3-10(12(16)17)4-11(9)13/h2-6,16-17H,7H2,1H3. The van der Waals surface area contributed by atoms with E-state index in [0.29, 0.717) is 12.1 Å². The fraction of sp³-hybridized carbons (Fsp3) is 0.182. The molecule has 0 bridgehead atoms. The number of hydrogen-bond donors (Lipinski definition) is 2. The first-order valence-electron chi connectivity index (χ1n) is 5.20. The number of nitrogens with zero attached hydrogens (tertiary/aromatic N) is 2. The van der Waals surface area contributed by atoms with Crippen molar-refractivity contribution in [3.8, 4) is 0 Å². The fourth-order valence-electron chi connectivity index (χ4n) is 1.58. The van der Waals surface area contributed by atoms with Crippen molar-refractivity contribution in [2.24, 2.45) is 0 Å². The van der Waals surface area contributed by atoms with Gasteiger partial charge in [0.05, 0.1) is 12.7 Å². The van der Waals surface area contributed by atoms with E-state index in [1.165, 1.54) is 12.1 Å². The highest BCUT2D eigenvalue weighted by molar-refractivity contribution is 6.58. The molecule has 0 saturated carbocycles. The van der Waals surface area contributed by atoms with Crippen LogP contribution in [-0.2, 0) is 6.54 Å². The normalized spacial score (nSPS) is 10.6. The Morgan fingerprint density at radius 1 is 1.41 bits per heavy atom. The second kappa shape index (κ2) is 4.69. The van der Waals surface area contributed by atoms with Crippen LogP contribution in [0.3, 0.4) is 0 Å². The van der Waals surface area contributed by atoms with Crippen LogP contribution in [0.1, 0.15) is 11.1 Å². The molecule has 0 spiro atoms. The van der Waals surface area contributed by atoms with Gasteiger partial charge in [0.25, 0.3) is 0 Å². The number of rotatable bonds is 3. The van der Waals surface area contributed by atoms with Crippen molar-refractivity contribution in [3.63, 3.8) is 0 Å². The molecular weight excluding hydrogens is 222 g/mol. The Bertz CT molecular complexity index is 528. The lowest BCUT2D eigenvalue weighted by molar-refractivity contribution is 0.425. The van der Waals surface area contributed by atoms with Gasteiger partial charge in [-0.15, -0.1) is 0 Å². The monoisotopic (exact) mass is 234 g/mol. The highest BCUT2D eigenvalue weighted by atomic mass is 19.1. The molecule has 0 saturated heterocycles. The van der Waals surface area contributed by atoms with Crippen molar-refractivity contribution >= 4 is 12.6 Å². The van der Waals surface area contributed by atoms with E-state index >= 15 is 0 Å². The van der Waals surface area contributed by atoms with Crippen LogP contribution in [0.15, 0.2) is 30.6 Å². The third-order valence-electron chi connectivity index (χ3n) is 2.47. The highest BCUT2D eigenvalue weighted by Crippen LogP contribution is 2.08. The first kappa shape index (κ1) is 11.8. The fourth-order valence-corrected chi connectivity index (χ4v) is 1.58. The van der Waals surface area contributed by atoms with Crippen molar-refractivity contribution in [1.82, 2.24) is 9.78 Å². The van der Waals surface area contributed by atoms with Crippen LogP contribution in [0.25, 0.3) is 0 Å². The van der Waals surface area contributed by atoms with Crippen LogP contribution in [-0.4, -0.2) is 26.9 Å². The maximum absolute atomic E-state index is 13.6. The number of hydrogen-bond acceptors (Lipinski definition) is 3. The number of aromatic nitrogens is 2. The minimum Gasteiger partial charge on any atom is -0.423 e. The highest BCUT2D eigenvalue weighted by Gasteiger charge is 2.13. The Labute approximate surface area is 98.5 Å². The largest absolute Gasteiger partial charge is 0.488 e. The summed E-state index contributed by atoms with van der Waals surface area (Å²) in [6.45, 7) is 2.23. The summed E-state index contributed by atoms with van der Waals surface area (Å²) in [6, 6.07) is 4.14. The maximum Gasteiger partial charge on any atom is 0.488 e. The van der Waals surface area contributed by atoms with Crippen LogP contribution in [0.2, 0.25) is 0 Å². The van der Waals surface area contributed by atoms with Crippen LogP contribution >= 0.6 is 0 Å².